The van der Waals surface area contributed by atoms with E-state index in [-0.39, 0.29) is 5.56 Å². The topological polar surface area (TPSA) is 49.0 Å². The van der Waals surface area contributed by atoms with Gasteiger partial charge in [0.1, 0.15) is 5.82 Å². The van der Waals surface area contributed by atoms with Gasteiger partial charge in [-0.2, -0.15) is 0 Å². The molecule has 1 aromatic heterocycles. The summed E-state index contributed by atoms with van der Waals surface area (Å²) < 4.78 is 0. The van der Waals surface area contributed by atoms with Gasteiger partial charge in [-0.05, 0) is 6.42 Å². The Morgan fingerprint density at radius 1 is 1.30 bits per heavy atom. The first-order valence-corrected chi connectivity index (χ1v) is 7.27. The minimum Gasteiger partial charge on any atom is -0.306 e. The molecule has 0 fully saturated rings. The van der Waals surface area contributed by atoms with Gasteiger partial charge < -0.3 is 4.98 Å². The van der Waals surface area contributed by atoms with Crippen LogP contribution in [-0.4, -0.2) is 33.8 Å². The molecule has 1 aliphatic rings. The predicted molar refractivity (Wildman–Crippen MR) is 80.0 cm³/mol. The third-order valence-electron chi connectivity index (χ3n) is 3.60. The molecule has 2 heterocycles. The number of hydrogen-bond donors (Lipinski definition) is 1. The Bertz CT molecular complexity index is 654. The van der Waals surface area contributed by atoms with E-state index in [9.17, 15) is 4.79 Å². The van der Waals surface area contributed by atoms with Crippen LogP contribution >= 0.6 is 11.6 Å². The normalized spacial score (nSPS) is 15.1. The van der Waals surface area contributed by atoms with Gasteiger partial charge in [0.2, 0.25) is 0 Å². The summed E-state index contributed by atoms with van der Waals surface area (Å²) in [6.07, 6.45) is 0.740. The number of hydrogen-bond acceptors (Lipinski definition) is 3. The molecule has 0 amide bonds. The second-order valence-electron chi connectivity index (χ2n) is 4.92. The third-order valence-corrected chi connectivity index (χ3v) is 3.77. The Morgan fingerprint density at radius 2 is 2.10 bits per heavy atom. The lowest BCUT2D eigenvalue weighted by atomic mass is 10.1. The first kappa shape index (κ1) is 13.3. The first-order chi connectivity index (χ1) is 9.78. The molecular formula is C15H16ClN3O. The fourth-order valence-electron chi connectivity index (χ4n) is 2.54. The average molecular weight is 290 g/mol. The highest BCUT2D eigenvalue weighted by Crippen LogP contribution is 2.18. The largest absolute Gasteiger partial charge is 0.306 e. The van der Waals surface area contributed by atoms with Crippen molar-refractivity contribution in [2.75, 3.05) is 19.0 Å². The van der Waals surface area contributed by atoms with E-state index < -0.39 is 0 Å². The summed E-state index contributed by atoms with van der Waals surface area (Å²) in [6.45, 7) is 2.40. The first-order valence-electron chi connectivity index (χ1n) is 6.74. The Balaban J connectivity index is 1.99. The molecule has 104 valence electrons. The summed E-state index contributed by atoms with van der Waals surface area (Å²) in [4.78, 5) is 21.9. The zero-order valence-electron chi connectivity index (χ0n) is 11.1. The molecule has 0 spiro atoms. The number of alkyl halides is 1. The van der Waals surface area contributed by atoms with Crippen LogP contribution in [0.4, 0.5) is 0 Å². The molecule has 0 radical (unpaired) electrons. The van der Waals surface area contributed by atoms with Crippen molar-refractivity contribution in [3.8, 4) is 11.4 Å². The van der Waals surface area contributed by atoms with Crippen LogP contribution in [0.3, 0.4) is 0 Å². The van der Waals surface area contributed by atoms with Gasteiger partial charge in [-0.15, -0.1) is 11.6 Å². The molecule has 4 nitrogen and oxygen atoms in total. The highest BCUT2D eigenvalue weighted by atomic mass is 35.5. The number of aromatic amines is 1. The summed E-state index contributed by atoms with van der Waals surface area (Å²) in [6, 6.07) is 9.72. The molecular weight excluding hydrogens is 274 g/mol. The monoisotopic (exact) mass is 289 g/mol. The number of nitrogens with one attached hydrogen (secondary N) is 1. The Labute approximate surface area is 122 Å². The minimum absolute atomic E-state index is 0.0145. The summed E-state index contributed by atoms with van der Waals surface area (Å²) in [5.74, 6) is 1.24. The van der Waals surface area contributed by atoms with Crippen molar-refractivity contribution in [1.82, 2.24) is 14.9 Å². The van der Waals surface area contributed by atoms with Crippen molar-refractivity contribution in [1.29, 1.82) is 0 Å². The van der Waals surface area contributed by atoms with Crippen molar-refractivity contribution >= 4 is 11.6 Å². The molecule has 0 unspecified atom stereocenters. The van der Waals surface area contributed by atoms with E-state index in [2.05, 4.69) is 14.9 Å². The molecule has 0 saturated carbocycles. The Kier molecular flexibility index (Phi) is 3.85. The van der Waals surface area contributed by atoms with Gasteiger partial charge in [-0.1, -0.05) is 30.3 Å². The fourth-order valence-corrected chi connectivity index (χ4v) is 2.78. The highest BCUT2D eigenvalue weighted by molar-refractivity contribution is 6.18. The van der Waals surface area contributed by atoms with E-state index in [0.29, 0.717) is 18.2 Å². The van der Waals surface area contributed by atoms with E-state index in [1.807, 2.05) is 30.3 Å². The highest BCUT2D eigenvalue weighted by Gasteiger charge is 2.20. The van der Waals surface area contributed by atoms with E-state index in [1.165, 1.54) is 0 Å². The van der Waals surface area contributed by atoms with Crippen LogP contribution in [0, 0.1) is 0 Å². The number of fused-ring (bicyclic) bond motifs is 1. The summed E-state index contributed by atoms with van der Waals surface area (Å²) in [7, 11) is 0. The van der Waals surface area contributed by atoms with Crippen LogP contribution < -0.4 is 5.56 Å². The smallest absolute Gasteiger partial charge is 0.254 e. The van der Waals surface area contributed by atoms with Crippen molar-refractivity contribution in [3.05, 3.63) is 51.9 Å². The third kappa shape index (κ3) is 2.62. The quantitative estimate of drug-likeness (QED) is 0.880. The molecule has 0 bridgehead atoms. The number of H-pyrrole nitrogens is 1. The van der Waals surface area contributed by atoms with E-state index in [4.69, 9.17) is 11.6 Å². The van der Waals surface area contributed by atoms with Crippen LogP contribution in [0.25, 0.3) is 11.4 Å². The standard InChI is InChI=1S/C15H16ClN3O/c16-7-9-19-8-6-12-13(10-19)17-14(18-15(12)20)11-4-2-1-3-5-11/h1-5H,6-10H2,(H,17,18,20). The SMILES string of the molecule is O=c1[nH]c(-c2ccccc2)nc2c1CCN(CCCl)C2. The van der Waals surface area contributed by atoms with E-state index in [1.54, 1.807) is 0 Å². The van der Waals surface area contributed by atoms with Crippen molar-refractivity contribution in [2.45, 2.75) is 13.0 Å². The van der Waals surface area contributed by atoms with Gasteiger partial charge in [0.05, 0.1) is 5.69 Å². The lowest BCUT2D eigenvalue weighted by molar-refractivity contribution is 0.264. The molecule has 1 N–H and O–H groups in total. The van der Waals surface area contributed by atoms with E-state index >= 15 is 0 Å². The van der Waals surface area contributed by atoms with Gasteiger partial charge in [0.15, 0.2) is 0 Å². The van der Waals surface area contributed by atoms with Crippen molar-refractivity contribution in [3.63, 3.8) is 0 Å². The number of benzene rings is 1. The lowest BCUT2D eigenvalue weighted by Gasteiger charge is -2.26. The van der Waals surface area contributed by atoms with Gasteiger partial charge in [-0.3, -0.25) is 9.69 Å². The molecule has 1 aromatic carbocycles. The van der Waals surface area contributed by atoms with Gasteiger partial charge in [-0.25, -0.2) is 4.98 Å². The van der Waals surface area contributed by atoms with Crippen LogP contribution in [0.1, 0.15) is 11.3 Å². The number of rotatable bonds is 3. The maximum absolute atomic E-state index is 12.2. The maximum Gasteiger partial charge on any atom is 0.254 e. The zero-order chi connectivity index (χ0) is 13.9. The second-order valence-corrected chi connectivity index (χ2v) is 5.30. The van der Waals surface area contributed by atoms with Crippen LogP contribution in [-0.2, 0) is 13.0 Å². The molecule has 1 aliphatic heterocycles. The fraction of sp³-hybridized carbons (Fsp3) is 0.333. The molecule has 0 saturated heterocycles. The van der Waals surface area contributed by atoms with Gasteiger partial charge in [0.25, 0.3) is 5.56 Å². The summed E-state index contributed by atoms with van der Waals surface area (Å²) >= 11 is 5.79. The molecule has 0 aliphatic carbocycles. The number of halogens is 1. The lowest BCUT2D eigenvalue weighted by Crippen LogP contribution is -2.36. The van der Waals surface area contributed by atoms with Crippen molar-refractivity contribution < 1.29 is 0 Å². The minimum atomic E-state index is -0.0145. The van der Waals surface area contributed by atoms with Crippen molar-refractivity contribution in [2.24, 2.45) is 0 Å². The second kappa shape index (κ2) is 5.77. The van der Waals surface area contributed by atoms with E-state index in [0.717, 1.165) is 36.3 Å². The maximum atomic E-state index is 12.2. The van der Waals surface area contributed by atoms with Gasteiger partial charge >= 0.3 is 0 Å². The summed E-state index contributed by atoms with van der Waals surface area (Å²) in [5.41, 5.74) is 2.61. The number of nitrogens with zero attached hydrogens (tertiary/aromatic N) is 2. The Hall–Kier alpha value is -1.65. The average Bonchev–Trinajstić information content (AvgIpc) is 2.48. The molecule has 5 heteroatoms. The predicted octanol–water partition coefficient (Wildman–Crippen LogP) is 2.03. The molecule has 3 rings (SSSR count). The van der Waals surface area contributed by atoms with Crippen LogP contribution in [0.2, 0.25) is 0 Å². The molecule has 0 atom stereocenters. The Morgan fingerprint density at radius 3 is 2.85 bits per heavy atom. The zero-order valence-corrected chi connectivity index (χ0v) is 11.9. The number of aromatic nitrogens is 2. The summed E-state index contributed by atoms with van der Waals surface area (Å²) in [5, 5.41) is 0. The van der Waals surface area contributed by atoms with Gasteiger partial charge in [0, 0.05) is 36.6 Å². The molecule has 20 heavy (non-hydrogen) atoms. The van der Waals surface area contributed by atoms with Crippen LogP contribution in [0.5, 0.6) is 0 Å². The van der Waals surface area contributed by atoms with Crippen LogP contribution in [0.15, 0.2) is 35.1 Å². The molecule has 2 aromatic rings.